The van der Waals surface area contributed by atoms with Crippen molar-refractivity contribution in [2.24, 2.45) is 0 Å². The summed E-state index contributed by atoms with van der Waals surface area (Å²) >= 11 is 0. The highest BCUT2D eigenvalue weighted by atomic mass is 16.5. The molecule has 3 N–H and O–H groups in total. The molecule has 6 nitrogen and oxygen atoms in total. The van der Waals surface area contributed by atoms with Crippen LogP contribution in [-0.4, -0.2) is 22.8 Å². The van der Waals surface area contributed by atoms with Crippen molar-refractivity contribution in [1.29, 1.82) is 5.26 Å². The summed E-state index contributed by atoms with van der Waals surface area (Å²) in [7, 11) is 1.23. The van der Waals surface area contributed by atoms with Crippen LogP contribution in [0.2, 0.25) is 0 Å². The Morgan fingerprint density at radius 2 is 2.10 bits per heavy atom. The molecule has 21 heavy (non-hydrogen) atoms. The van der Waals surface area contributed by atoms with Crippen molar-refractivity contribution in [1.82, 2.24) is 4.57 Å². The van der Waals surface area contributed by atoms with Crippen LogP contribution in [-0.2, 0) is 4.74 Å². The van der Waals surface area contributed by atoms with Crippen LogP contribution < -0.4 is 5.73 Å². The lowest BCUT2D eigenvalue weighted by Gasteiger charge is -2.13. The van der Waals surface area contributed by atoms with Gasteiger partial charge in [-0.1, -0.05) is 6.07 Å². The van der Waals surface area contributed by atoms with Crippen molar-refractivity contribution in [3.63, 3.8) is 0 Å². The van der Waals surface area contributed by atoms with Gasteiger partial charge in [0.2, 0.25) is 0 Å². The van der Waals surface area contributed by atoms with Crippen molar-refractivity contribution in [3.8, 4) is 17.5 Å². The molecule has 0 aliphatic heterocycles. The van der Waals surface area contributed by atoms with E-state index in [9.17, 15) is 9.90 Å². The van der Waals surface area contributed by atoms with Crippen LogP contribution in [0.15, 0.2) is 18.3 Å². The molecule has 0 aliphatic carbocycles. The van der Waals surface area contributed by atoms with E-state index in [2.05, 4.69) is 0 Å². The third kappa shape index (κ3) is 2.19. The highest BCUT2D eigenvalue weighted by molar-refractivity contribution is 5.96. The first kappa shape index (κ1) is 14.5. The molecule has 0 aliphatic rings. The summed E-state index contributed by atoms with van der Waals surface area (Å²) in [4.78, 5) is 11.9. The van der Waals surface area contributed by atoms with Crippen molar-refractivity contribution in [2.45, 2.75) is 13.8 Å². The predicted octanol–water partition coefficient (Wildman–Crippen LogP) is 2.04. The fourth-order valence-corrected chi connectivity index (χ4v) is 2.09. The number of nitrogens with zero attached hydrogens (tertiary/aromatic N) is 2. The monoisotopic (exact) mass is 285 g/mol. The lowest BCUT2D eigenvalue weighted by atomic mass is 10.1. The molecule has 0 spiro atoms. The third-order valence-corrected chi connectivity index (χ3v) is 3.48. The second-order valence-electron chi connectivity index (χ2n) is 4.65. The normalized spacial score (nSPS) is 10.2. The van der Waals surface area contributed by atoms with Crippen LogP contribution >= 0.6 is 0 Å². The number of benzene rings is 1. The van der Waals surface area contributed by atoms with E-state index in [-0.39, 0.29) is 22.7 Å². The molecule has 0 saturated carbocycles. The zero-order valence-electron chi connectivity index (χ0n) is 12.0. The van der Waals surface area contributed by atoms with E-state index < -0.39 is 5.97 Å². The van der Waals surface area contributed by atoms with Crippen LogP contribution in [0.4, 0.5) is 5.69 Å². The van der Waals surface area contributed by atoms with Crippen molar-refractivity contribution in [3.05, 3.63) is 40.7 Å². The third-order valence-electron chi connectivity index (χ3n) is 3.48. The summed E-state index contributed by atoms with van der Waals surface area (Å²) in [5, 5.41) is 19.4. The number of nitrogen functional groups attached to an aromatic ring is 1. The number of phenolic OH excluding ortho intramolecular Hbond substituents is 1. The first-order valence-corrected chi connectivity index (χ1v) is 6.21. The average Bonchev–Trinajstić information content (AvgIpc) is 2.80. The topological polar surface area (TPSA) is 101 Å². The number of hydrogen-bond acceptors (Lipinski definition) is 5. The molecule has 0 saturated heterocycles. The average molecular weight is 285 g/mol. The number of carbonyl (C=O) groups excluding carboxylic acids is 1. The fraction of sp³-hybridized carbons (Fsp3) is 0.200. The Balaban J connectivity index is 2.79. The second-order valence-corrected chi connectivity index (χ2v) is 4.65. The molecule has 1 aromatic carbocycles. The molecule has 0 fully saturated rings. The van der Waals surface area contributed by atoms with Crippen LogP contribution in [0, 0.1) is 25.2 Å². The van der Waals surface area contributed by atoms with E-state index in [0.29, 0.717) is 11.3 Å². The number of nitrogens with two attached hydrogens (primary N) is 1. The van der Waals surface area contributed by atoms with Gasteiger partial charge in [-0.15, -0.1) is 0 Å². The van der Waals surface area contributed by atoms with Gasteiger partial charge in [0.1, 0.15) is 11.8 Å². The number of nitriles is 1. The number of hydrogen-bond donors (Lipinski definition) is 2. The minimum absolute atomic E-state index is 0.0209. The zero-order valence-corrected chi connectivity index (χ0v) is 12.0. The van der Waals surface area contributed by atoms with E-state index in [1.54, 1.807) is 13.0 Å². The minimum atomic E-state index is -0.674. The Morgan fingerprint density at radius 3 is 2.67 bits per heavy atom. The molecule has 0 radical (unpaired) electrons. The van der Waals surface area contributed by atoms with Gasteiger partial charge in [0.15, 0.2) is 5.69 Å². The molecule has 1 aromatic heterocycles. The quantitative estimate of drug-likeness (QED) is 0.822. The number of esters is 1. The summed E-state index contributed by atoms with van der Waals surface area (Å²) in [5.74, 6) is -0.647. The number of ether oxygens (including phenoxy) is 1. The molecule has 1 heterocycles. The highest BCUT2D eigenvalue weighted by Crippen LogP contribution is 2.32. The molecule has 6 heteroatoms. The Labute approximate surface area is 122 Å². The molecule has 2 aromatic rings. The Bertz CT molecular complexity index is 769. The van der Waals surface area contributed by atoms with Gasteiger partial charge in [0, 0.05) is 6.20 Å². The van der Waals surface area contributed by atoms with Crippen LogP contribution in [0.3, 0.4) is 0 Å². The number of anilines is 1. The molecule has 2 rings (SSSR count). The zero-order chi connectivity index (χ0) is 15.7. The number of rotatable bonds is 2. The van der Waals surface area contributed by atoms with Gasteiger partial charge >= 0.3 is 5.97 Å². The summed E-state index contributed by atoms with van der Waals surface area (Å²) < 4.78 is 6.08. The minimum Gasteiger partial charge on any atom is -0.505 e. The molecule has 0 bridgehead atoms. The van der Waals surface area contributed by atoms with Gasteiger partial charge in [-0.25, -0.2) is 4.79 Å². The van der Waals surface area contributed by atoms with Crippen molar-refractivity contribution < 1.29 is 14.6 Å². The van der Waals surface area contributed by atoms with Gasteiger partial charge in [-0.3, -0.25) is 0 Å². The maximum absolute atomic E-state index is 11.9. The second kappa shape index (κ2) is 5.21. The SMILES string of the molecule is COC(=O)c1c(N)c(C#N)cn1-c1ccc(C)c(C)c1O. The number of aromatic hydroxyl groups is 1. The maximum Gasteiger partial charge on any atom is 0.357 e. The van der Waals surface area contributed by atoms with Crippen LogP contribution in [0.5, 0.6) is 5.75 Å². The van der Waals surface area contributed by atoms with E-state index in [1.165, 1.54) is 17.9 Å². The first-order valence-electron chi connectivity index (χ1n) is 6.21. The van der Waals surface area contributed by atoms with Gasteiger partial charge in [0.05, 0.1) is 24.0 Å². The van der Waals surface area contributed by atoms with Crippen molar-refractivity contribution >= 4 is 11.7 Å². The molecule has 108 valence electrons. The van der Waals surface area contributed by atoms with E-state index in [1.807, 2.05) is 19.1 Å². The summed E-state index contributed by atoms with van der Waals surface area (Å²) in [6.07, 6.45) is 1.41. The number of aromatic nitrogens is 1. The number of aryl methyl sites for hydroxylation is 1. The largest absolute Gasteiger partial charge is 0.505 e. The fourth-order valence-electron chi connectivity index (χ4n) is 2.09. The Kier molecular flexibility index (Phi) is 3.59. The highest BCUT2D eigenvalue weighted by Gasteiger charge is 2.23. The lowest BCUT2D eigenvalue weighted by Crippen LogP contribution is -2.11. The molecule has 0 amide bonds. The van der Waals surface area contributed by atoms with Gasteiger partial charge in [-0.05, 0) is 31.0 Å². The van der Waals surface area contributed by atoms with E-state index >= 15 is 0 Å². The summed E-state index contributed by atoms with van der Waals surface area (Å²) in [6, 6.07) is 5.39. The maximum atomic E-state index is 11.9. The summed E-state index contributed by atoms with van der Waals surface area (Å²) in [6.45, 7) is 3.63. The number of carbonyl (C=O) groups is 1. The smallest absolute Gasteiger partial charge is 0.357 e. The Morgan fingerprint density at radius 1 is 1.43 bits per heavy atom. The van der Waals surface area contributed by atoms with Crippen LogP contribution in [0.25, 0.3) is 5.69 Å². The van der Waals surface area contributed by atoms with E-state index in [0.717, 1.165) is 5.56 Å². The van der Waals surface area contributed by atoms with Crippen LogP contribution in [0.1, 0.15) is 27.2 Å². The molecular formula is C15H15N3O3. The van der Waals surface area contributed by atoms with E-state index in [4.69, 9.17) is 15.7 Å². The standard InChI is InChI=1S/C15H15N3O3/c1-8-4-5-11(14(19)9(8)2)18-7-10(6-16)12(17)13(18)15(20)21-3/h4-5,7,19H,17H2,1-3H3. The lowest BCUT2D eigenvalue weighted by molar-refractivity contribution is 0.0593. The predicted molar refractivity (Wildman–Crippen MR) is 77.4 cm³/mol. The molecular weight excluding hydrogens is 270 g/mol. The van der Waals surface area contributed by atoms with Gasteiger partial charge < -0.3 is 20.1 Å². The summed E-state index contributed by atoms with van der Waals surface area (Å²) in [5.41, 5.74) is 7.99. The van der Waals surface area contributed by atoms with Gasteiger partial charge in [0.25, 0.3) is 0 Å². The molecule has 0 unspecified atom stereocenters. The van der Waals surface area contributed by atoms with Crippen molar-refractivity contribution in [2.75, 3.05) is 12.8 Å². The molecule has 0 atom stereocenters. The Hall–Kier alpha value is -2.94. The number of methoxy groups -OCH3 is 1. The van der Waals surface area contributed by atoms with Gasteiger partial charge in [-0.2, -0.15) is 5.26 Å². The number of phenols is 1. The first-order chi connectivity index (χ1) is 9.92.